The number of hydrogen-bond donors (Lipinski definition) is 1. The SMILES string of the molecule is CCCCN(C(=O)Nc1ccccc1)C(C)c1nc2ccccc2c(=O)n1-c1cc(C)ccc1C. The highest BCUT2D eigenvalue weighted by Gasteiger charge is 2.27. The summed E-state index contributed by atoms with van der Waals surface area (Å²) in [5.74, 6) is 0.543. The van der Waals surface area contributed by atoms with Gasteiger partial charge in [0.15, 0.2) is 0 Å². The summed E-state index contributed by atoms with van der Waals surface area (Å²) in [5.41, 5.74) is 4.02. The van der Waals surface area contributed by atoms with Crippen molar-refractivity contribution in [3.8, 4) is 5.69 Å². The number of nitrogens with one attached hydrogen (secondary N) is 1. The molecule has 1 atom stereocenters. The smallest absolute Gasteiger partial charge is 0.315 e. The van der Waals surface area contributed by atoms with Gasteiger partial charge in [0.25, 0.3) is 5.56 Å². The number of para-hydroxylation sites is 2. The molecule has 0 radical (unpaired) electrons. The van der Waals surface area contributed by atoms with Crippen molar-refractivity contribution in [1.29, 1.82) is 0 Å². The van der Waals surface area contributed by atoms with Gasteiger partial charge in [0.1, 0.15) is 5.82 Å². The molecule has 6 nitrogen and oxygen atoms in total. The minimum absolute atomic E-state index is 0.134. The Bertz CT molecular complexity index is 1400. The van der Waals surface area contributed by atoms with Crippen molar-refractivity contribution >= 4 is 22.6 Å². The molecule has 1 aromatic heterocycles. The largest absolute Gasteiger partial charge is 0.322 e. The first-order valence-corrected chi connectivity index (χ1v) is 12.1. The van der Waals surface area contributed by atoms with E-state index in [1.54, 1.807) is 15.5 Å². The lowest BCUT2D eigenvalue weighted by Gasteiger charge is -2.31. The van der Waals surface area contributed by atoms with E-state index >= 15 is 0 Å². The quantitative estimate of drug-likeness (QED) is 0.341. The summed E-state index contributed by atoms with van der Waals surface area (Å²) in [7, 11) is 0. The molecule has 0 aliphatic heterocycles. The van der Waals surface area contributed by atoms with Crippen molar-refractivity contribution in [3.63, 3.8) is 0 Å². The van der Waals surface area contributed by atoms with Crippen LogP contribution in [0.15, 0.2) is 77.6 Å². The topological polar surface area (TPSA) is 67.2 Å². The number of urea groups is 1. The first-order valence-electron chi connectivity index (χ1n) is 12.1. The Morgan fingerprint density at radius 3 is 2.49 bits per heavy atom. The van der Waals surface area contributed by atoms with E-state index in [4.69, 9.17) is 4.98 Å². The molecular weight excluding hydrogens is 436 g/mol. The average Bonchev–Trinajstić information content (AvgIpc) is 2.86. The van der Waals surface area contributed by atoms with E-state index in [1.807, 2.05) is 87.5 Å². The normalized spacial score (nSPS) is 11.9. The van der Waals surface area contributed by atoms with Crippen LogP contribution in [0.5, 0.6) is 0 Å². The second-order valence-corrected chi connectivity index (χ2v) is 8.94. The fourth-order valence-corrected chi connectivity index (χ4v) is 4.28. The number of carbonyl (C=O) groups is 1. The van der Waals surface area contributed by atoms with Gasteiger partial charge < -0.3 is 10.2 Å². The number of aromatic nitrogens is 2. The number of benzene rings is 3. The van der Waals surface area contributed by atoms with E-state index in [1.165, 1.54) is 0 Å². The lowest BCUT2D eigenvalue weighted by atomic mass is 10.1. The number of nitrogens with zero attached hydrogens (tertiary/aromatic N) is 3. The van der Waals surface area contributed by atoms with Gasteiger partial charge in [-0.25, -0.2) is 9.78 Å². The molecule has 1 heterocycles. The van der Waals surface area contributed by atoms with E-state index in [9.17, 15) is 9.59 Å². The summed E-state index contributed by atoms with van der Waals surface area (Å²) in [5, 5.41) is 3.56. The monoisotopic (exact) mass is 468 g/mol. The number of hydrogen-bond acceptors (Lipinski definition) is 3. The number of rotatable bonds is 7. The summed E-state index contributed by atoms with van der Waals surface area (Å²) in [4.78, 5) is 34.0. The van der Waals surface area contributed by atoms with Gasteiger partial charge in [0.05, 0.1) is 22.6 Å². The number of aryl methyl sites for hydroxylation is 2. The number of amides is 2. The van der Waals surface area contributed by atoms with Gasteiger partial charge in [-0.2, -0.15) is 0 Å². The van der Waals surface area contributed by atoms with Gasteiger partial charge in [-0.15, -0.1) is 0 Å². The van der Waals surface area contributed by atoms with Gasteiger partial charge in [0, 0.05) is 12.2 Å². The molecule has 4 aromatic rings. The van der Waals surface area contributed by atoms with E-state index in [0.29, 0.717) is 23.3 Å². The Balaban J connectivity index is 1.87. The highest BCUT2D eigenvalue weighted by Crippen LogP contribution is 2.26. The summed E-state index contributed by atoms with van der Waals surface area (Å²) in [6, 6.07) is 22.2. The van der Waals surface area contributed by atoms with Crippen molar-refractivity contribution in [1.82, 2.24) is 14.5 Å². The zero-order chi connectivity index (χ0) is 24.9. The van der Waals surface area contributed by atoms with Gasteiger partial charge in [0.2, 0.25) is 0 Å². The molecule has 0 aliphatic rings. The Hall–Kier alpha value is -3.93. The van der Waals surface area contributed by atoms with E-state index in [0.717, 1.165) is 35.3 Å². The van der Waals surface area contributed by atoms with Crippen LogP contribution in [0.1, 0.15) is 49.7 Å². The van der Waals surface area contributed by atoms with E-state index in [2.05, 4.69) is 12.2 Å². The minimum atomic E-state index is -0.442. The Kier molecular flexibility index (Phi) is 7.30. The van der Waals surface area contributed by atoms with Crippen LogP contribution in [0.4, 0.5) is 10.5 Å². The summed E-state index contributed by atoms with van der Waals surface area (Å²) >= 11 is 0. The molecule has 35 heavy (non-hydrogen) atoms. The number of carbonyl (C=O) groups excluding carboxylic acids is 1. The molecule has 1 N–H and O–H groups in total. The lowest BCUT2D eigenvalue weighted by molar-refractivity contribution is 0.188. The van der Waals surface area contributed by atoms with Crippen molar-refractivity contribution in [3.05, 3.63) is 100 Å². The Morgan fingerprint density at radius 1 is 1.03 bits per heavy atom. The molecule has 0 bridgehead atoms. The zero-order valence-corrected chi connectivity index (χ0v) is 20.8. The number of fused-ring (bicyclic) bond motifs is 1. The molecule has 6 heteroatoms. The first kappa shape index (κ1) is 24.2. The standard InChI is InChI=1S/C29H32N4O2/c1-5-6-18-32(29(35)30-23-12-8-7-9-13-23)22(4)27-31-25-15-11-10-14-24(25)28(34)33(27)26-19-20(2)16-17-21(26)3/h7-17,19,22H,5-6,18H2,1-4H3,(H,30,35). The maximum atomic E-state index is 13.8. The highest BCUT2D eigenvalue weighted by atomic mass is 16.2. The van der Waals surface area contributed by atoms with Crippen LogP contribution in [0, 0.1) is 13.8 Å². The third-order valence-corrected chi connectivity index (χ3v) is 6.29. The molecule has 3 aromatic carbocycles. The first-order chi connectivity index (χ1) is 16.9. The number of unbranched alkanes of at least 4 members (excludes halogenated alkanes) is 1. The van der Waals surface area contributed by atoms with Gasteiger partial charge in [-0.3, -0.25) is 9.36 Å². The molecule has 2 amide bonds. The molecule has 0 fully saturated rings. The van der Waals surface area contributed by atoms with E-state index < -0.39 is 6.04 Å². The third kappa shape index (κ3) is 5.11. The third-order valence-electron chi connectivity index (χ3n) is 6.29. The van der Waals surface area contributed by atoms with Crippen LogP contribution < -0.4 is 10.9 Å². The second kappa shape index (κ2) is 10.6. The molecule has 0 spiro atoms. The van der Waals surface area contributed by atoms with Crippen molar-refractivity contribution in [2.45, 2.75) is 46.6 Å². The maximum Gasteiger partial charge on any atom is 0.322 e. The van der Waals surface area contributed by atoms with Gasteiger partial charge in [-0.1, -0.05) is 55.8 Å². The summed E-state index contributed by atoms with van der Waals surface area (Å²) in [6.45, 7) is 8.58. The van der Waals surface area contributed by atoms with Crippen LogP contribution in [0.25, 0.3) is 16.6 Å². The predicted octanol–water partition coefficient (Wildman–Crippen LogP) is 6.40. The molecule has 4 rings (SSSR count). The van der Waals surface area contributed by atoms with E-state index in [-0.39, 0.29) is 11.6 Å². The fourth-order valence-electron chi connectivity index (χ4n) is 4.28. The maximum absolute atomic E-state index is 13.8. The van der Waals surface area contributed by atoms with Gasteiger partial charge >= 0.3 is 6.03 Å². The minimum Gasteiger partial charge on any atom is -0.315 e. The van der Waals surface area contributed by atoms with Crippen LogP contribution in [-0.2, 0) is 0 Å². The second-order valence-electron chi connectivity index (χ2n) is 8.94. The van der Waals surface area contributed by atoms with Crippen LogP contribution in [-0.4, -0.2) is 27.0 Å². The molecule has 0 saturated carbocycles. The highest BCUT2D eigenvalue weighted by molar-refractivity contribution is 5.89. The van der Waals surface area contributed by atoms with Crippen LogP contribution >= 0.6 is 0 Å². The molecular formula is C29H32N4O2. The lowest BCUT2D eigenvalue weighted by Crippen LogP contribution is -2.40. The Labute approximate surface area is 206 Å². The molecule has 0 aliphatic carbocycles. The molecule has 1 unspecified atom stereocenters. The average molecular weight is 469 g/mol. The summed E-state index contributed by atoms with van der Waals surface area (Å²) < 4.78 is 1.68. The van der Waals surface area contributed by atoms with Crippen LogP contribution in [0.3, 0.4) is 0 Å². The van der Waals surface area contributed by atoms with Crippen molar-refractivity contribution < 1.29 is 4.79 Å². The fraction of sp³-hybridized carbons (Fsp3) is 0.276. The number of anilines is 1. The Morgan fingerprint density at radius 2 is 1.74 bits per heavy atom. The summed E-state index contributed by atoms with van der Waals surface area (Å²) in [6.07, 6.45) is 1.78. The molecule has 0 saturated heterocycles. The zero-order valence-electron chi connectivity index (χ0n) is 20.8. The van der Waals surface area contributed by atoms with Crippen LogP contribution in [0.2, 0.25) is 0 Å². The predicted molar refractivity (Wildman–Crippen MR) is 142 cm³/mol. The molecule has 180 valence electrons. The van der Waals surface area contributed by atoms with Gasteiger partial charge in [-0.05, 0) is 68.7 Å². The van der Waals surface area contributed by atoms with Crippen molar-refractivity contribution in [2.24, 2.45) is 0 Å². The van der Waals surface area contributed by atoms with Crippen molar-refractivity contribution in [2.75, 3.05) is 11.9 Å².